The Kier molecular flexibility index (Phi) is 5.34. The molecule has 1 rings (SSSR count). The quantitative estimate of drug-likeness (QED) is 0.639. The Bertz CT molecular complexity index is 530. The highest BCUT2D eigenvalue weighted by atomic mass is 28.4. The summed E-state index contributed by atoms with van der Waals surface area (Å²) in [7, 11) is -2.00. The molecule has 0 atom stereocenters. The first-order valence-corrected chi connectivity index (χ1v) is 9.96. The maximum atomic E-state index is 11.3. The SMILES string of the molecule is CC(C)(C)[Si](C)(C)Oc1ccc(CCC(=O)O)cc1C=O. The Morgan fingerprint density at radius 2 is 1.95 bits per heavy atom. The summed E-state index contributed by atoms with van der Waals surface area (Å²) in [6.45, 7) is 10.7. The van der Waals surface area contributed by atoms with Crippen molar-refractivity contribution in [1.82, 2.24) is 0 Å². The van der Waals surface area contributed by atoms with Crippen LogP contribution in [0.25, 0.3) is 0 Å². The monoisotopic (exact) mass is 308 g/mol. The number of carbonyl (C=O) groups excluding carboxylic acids is 1. The van der Waals surface area contributed by atoms with E-state index >= 15 is 0 Å². The van der Waals surface area contributed by atoms with Gasteiger partial charge in [-0.1, -0.05) is 26.8 Å². The predicted molar refractivity (Wildman–Crippen MR) is 85.6 cm³/mol. The zero-order valence-corrected chi connectivity index (χ0v) is 14.4. The van der Waals surface area contributed by atoms with Gasteiger partial charge in [0.15, 0.2) is 6.29 Å². The van der Waals surface area contributed by atoms with Crippen molar-refractivity contribution >= 4 is 20.6 Å². The molecular formula is C16H24O4Si. The number of hydrogen-bond acceptors (Lipinski definition) is 3. The Labute approximate surface area is 127 Å². The van der Waals surface area contributed by atoms with Gasteiger partial charge in [-0.2, -0.15) is 0 Å². The molecule has 0 aliphatic heterocycles. The Hall–Kier alpha value is -1.62. The lowest BCUT2D eigenvalue weighted by atomic mass is 10.1. The van der Waals surface area contributed by atoms with Crippen molar-refractivity contribution in [3.8, 4) is 5.75 Å². The van der Waals surface area contributed by atoms with Gasteiger partial charge in [0, 0.05) is 6.42 Å². The number of carboxylic acid groups (broad SMARTS) is 1. The number of rotatable bonds is 6. The lowest BCUT2D eigenvalue weighted by Crippen LogP contribution is -2.44. The molecule has 21 heavy (non-hydrogen) atoms. The molecule has 0 aliphatic carbocycles. The molecular weight excluding hydrogens is 284 g/mol. The fraction of sp³-hybridized carbons (Fsp3) is 0.500. The standard InChI is InChI=1S/C16H24O4Si/c1-16(2,3)21(4,5)20-14-8-6-12(7-9-15(18)19)10-13(14)11-17/h6,8,10-11H,7,9H2,1-5H3,(H,18,19). The summed E-state index contributed by atoms with van der Waals surface area (Å²) in [6, 6.07) is 5.33. The molecule has 1 aromatic carbocycles. The summed E-state index contributed by atoms with van der Waals surface area (Å²) in [5.41, 5.74) is 1.32. The van der Waals surface area contributed by atoms with Crippen molar-refractivity contribution < 1.29 is 19.1 Å². The molecule has 0 unspecified atom stereocenters. The molecule has 4 nitrogen and oxygen atoms in total. The summed E-state index contributed by atoms with van der Waals surface area (Å²) in [5.74, 6) is -0.250. The van der Waals surface area contributed by atoms with Crippen LogP contribution in [-0.2, 0) is 11.2 Å². The fourth-order valence-corrected chi connectivity index (χ4v) is 2.66. The normalized spacial score (nSPS) is 12.0. The van der Waals surface area contributed by atoms with Crippen LogP contribution in [0.15, 0.2) is 18.2 Å². The highest BCUT2D eigenvalue weighted by molar-refractivity contribution is 6.74. The predicted octanol–water partition coefficient (Wildman–Crippen LogP) is 3.90. The molecule has 0 bridgehead atoms. The van der Waals surface area contributed by atoms with Gasteiger partial charge in [0.25, 0.3) is 8.32 Å². The topological polar surface area (TPSA) is 63.6 Å². The number of hydrogen-bond donors (Lipinski definition) is 1. The number of aldehydes is 1. The average Bonchev–Trinajstić information content (AvgIpc) is 2.35. The van der Waals surface area contributed by atoms with Crippen LogP contribution in [0.4, 0.5) is 0 Å². The van der Waals surface area contributed by atoms with E-state index in [4.69, 9.17) is 9.53 Å². The smallest absolute Gasteiger partial charge is 0.303 e. The van der Waals surface area contributed by atoms with Crippen molar-refractivity contribution in [1.29, 1.82) is 0 Å². The van der Waals surface area contributed by atoms with Crippen LogP contribution >= 0.6 is 0 Å². The van der Waals surface area contributed by atoms with Gasteiger partial charge in [-0.05, 0) is 42.2 Å². The van der Waals surface area contributed by atoms with Crippen molar-refractivity contribution in [3.05, 3.63) is 29.3 Å². The van der Waals surface area contributed by atoms with E-state index in [-0.39, 0.29) is 11.5 Å². The van der Waals surface area contributed by atoms with Crippen LogP contribution in [0.5, 0.6) is 5.75 Å². The summed E-state index contributed by atoms with van der Waals surface area (Å²) >= 11 is 0. The molecule has 0 spiro atoms. The molecule has 0 amide bonds. The van der Waals surface area contributed by atoms with E-state index in [0.29, 0.717) is 17.7 Å². The van der Waals surface area contributed by atoms with Gasteiger partial charge < -0.3 is 9.53 Å². The second-order valence-corrected chi connectivity index (χ2v) is 11.5. The lowest BCUT2D eigenvalue weighted by Gasteiger charge is -2.36. The van der Waals surface area contributed by atoms with E-state index in [1.807, 2.05) is 6.07 Å². The second-order valence-electron chi connectivity index (χ2n) is 6.75. The van der Waals surface area contributed by atoms with Crippen LogP contribution in [0.3, 0.4) is 0 Å². The molecule has 0 aliphatic rings. The zero-order valence-electron chi connectivity index (χ0n) is 13.4. The van der Waals surface area contributed by atoms with Gasteiger partial charge in [0.1, 0.15) is 5.75 Å². The highest BCUT2D eigenvalue weighted by Crippen LogP contribution is 2.38. The van der Waals surface area contributed by atoms with Crippen LogP contribution in [0.1, 0.15) is 43.1 Å². The molecule has 0 radical (unpaired) electrons. The molecule has 0 heterocycles. The van der Waals surface area contributed by atoms with Crippen LogP contribution < -0.4 is 4.43 Å². The van der Waals surface area contributed by atoms with E-state index in [1.165, 1.54) is 0 Å². The first-order valence-electron chi connectivity index (χ1n) is 7.06. The molecule has 1 N–H and O–H groups in total. The Morgan fingerprint density at radius 1 is 1.33 bits per heavy atom. The van der Waals surface area contributed by atoms with Gasteiger partial charge >= 0.3 is 5.97 Å². The zero-order chi connectivity index (χ0) is 16.3. The third-order valence-electron chi connectivity index (χ3n) is 4.00. The van der Waals surface area contributed by atoms with Gasteiger partial charge in [-0.25, -0.2) is 0 Å². The summed E-state index contributed by atoms with van der Waals surface area (Å²) in [4.78, 5) is 21.9. The maximum Gasteiger partial charge on any atom is 0.303 e. The van der Waals surface area contributed by atoms with Gasteiger partial charge in [0.05, 0.1) is 5.56 Å². The number of carboxylic acids is 1. The molecule has 0 aromatic heterocycles. The van der Waals surface area contributed by atoms with Gasteiger partial charge in [0.2, 0.25) is 0 Å². The maximum absolute atomic E-state index is 11.3. The van der Waals surface area contributed by atoms with E-state index in [1.54, 1.807) is 12.1 Å². The van der Waals surface area contributed by atoms with E-state index in [9.17, 15) is 9.59 Å². The summed E-state index contributed by atoms with van der Waals surface area (Å²) in [6.07, 6.45) is 1.24. The highest BCUT2D eigenvalue weighted by Gasteiger charge is 2.39. The third kappa shape index (κ3) is 4.70. The number of carbonyl (C=O) groups is 2. The number of benzene rings is 1. The Balaban J connectivity index is 2.99. The minimum absolute atomic E-state index is 0.0507. The third-order valence-corrected chi connectivity index (χ3v) is 8.34. The number of aryl methyl sites for hydroxylation is 1. The van der Waals surface area contributed by atoms with Crippen molar-refractivity contribution in [2.24, 2.45) is 0 Å². The van der Waals surface area contributed by atoms with E-state index in [2.05, 4.69) is 33.9 Å². The van der Waals surface area contributed by atoms with Crippen molar-refractivity contribution in [2.45, 2.75) is 51.7 Å². The van der Waals surface area contributed by atoms with Crippen LogP contribution in [-0.4, -0.2) is 25.7 Å². The molecule has 0 saturated carbocycles. The van der Waals surface area contributed by atoms with Crippen LogP contribution in [0.2, 0.25) is 18.1 Å². The minimum atomic E-state index is -2.00. The summed E-state index contributed by atoms with van der Waals surface area (Å²) < 4.78 is 6.16. The van der Waals surface area contributed by atoms with Gasteiger partial charge in [-0.3, -0.25) is 9.59 Å². The largest absolute Gasteiger partial charge is 0.543 e. The molecule has 5 heteroatoms. The molecule has 0 saturated heterocycles. The fourth-order valence-electron chi connectivity index (χ4n) is 1.62. The lowest BCUT2D eigenvalue weighted by molar-refractivity contribution is -0.136. The number of aliphatic carboxylic acids is 1. The second kappa shape index (κ2) is 6.43. The van der Waals surface area contributed by atoms with Crippen molar-refractivity contribution in [3.63, 3.8) is 0 Å². The Morgan fingerprint density at radius 3 is 2.43 bits per heavy atom. The van der Waals surface area contributed by atoms with E-state index in [0.717, 1.165) is 11.8 Å². The molecule has 1 aromatic rings. The van der Waals surface area contributed by atoms with E-state index < -0.39 is 14.3 Å². The first-order chi connectivity index (χ1) is 9.56. The summed E-state index contributed by atoms with van der Waals surface area (Å²) in [5, 5.41) is 8.76. The van der Waals surface area contributed by atoms with Gasteiger partial charge in [-0.15, -0.1) is 0 Å². The molecule has 0 fully saturated rings. The molecule has 116 valence electrons. The van der Waals surface area contributed by atoms with Crippen molar-refractivity contribution in [2.75, 3.05) is 0 Å². The minimum Gasteiger partial charge on any atom is -0.543 e. The van der Waals surface area contributed by atoms with Crippen LogP contribution in [0, 0.1) is 0 Å². The average molecular weight is 308 g/mol. The first kappa shape index (κ1) is 17.4.